The van der Waals surface area contributed by atoms with Crippen LogP contribution in [0.25, 0.3) is 0 Å². The highest BCUT2D eigenvalue weighted by Crippen LogP contribution is 2.31. The Bertz CT molecular complexity index is 745. The summed E-state index contributed by atoms with van der Waals surface area (Å²) in [6.45, 7) is 7.82. The van der Waals surface area contributed by atoms with Crippen molar-refractivity contribution < 1.29 is 14.4 Å². The van der Waals surface area contributed by atoms with E-state index in [2.05, 4.69) is 31.4 Å². The zero-order chi connectivity index (χ0) is 19.8. The van der Waals surface area contributed by atoms with Gasteiger partial charge in [0.25, 0.3) is 5.91 Å². The number of carbonyl (C=O) groups excluding carboxylic acids is 3. The van der Waals surface area contributed by atoms with E-state index in [1.165, 1.54) is 0 Å². The van der Waals surface area contributed by atoms with Crippen LogP contribution in [-0.2, 0) is 20.5 Å². The van der Waals surface area contributed by atoms with Crippen LogP contribution in [0, 0.1) is 0 Å². The van der Waals surface area contributed by atoms with Gasteiger partial charge in [0, 0.05) is 6.04 Å². The Labute approximate surface area is 160 Å². The molecule has 2 N–H and O–H groups in total. The molecule has 1 saturated heterocycles. The van der Waals surface area contributed by atoms with Crippen LogP contribution in [0.5, 0.6) is 0 Å². The Morgan fingerprint density at radius 3 is 2.33 bits per heavy atom. The minimum Gasteiger partial charge on any atom is -0.352 e. The molecule has 0 aromatic heterocycles. The molecule has 2 aliphatic rings. The average molecular weight is 371 g/mol. The van der Waals surface area contributed by atoms with Crippen LogP contribution in [0.1, 0.15) is 64.5 Å². The first-order valence-electron chi connectivity index (χ1n) is 9.66. The first-order chi connectivity index (χ1) is 12.6. The SMILES string of the molecule is CC(C)(C)c1ccc(C2(C)NC(=O)N(CC(=O)NC3CCCC3)C2=O)cc1. The van der Waals surface area contributed by atoms with E-state index in [1.54, 1.807) is 6.92 Å². The van der Waals surface area contributed by atoms with E-state index < -0.39 is 17.5 Å². The second kappa shape index (κ2) is 6.98. The second-order valence-electron chi connectivity index (χ2n) is 8.82. The normalized spacial score (nSPS) is 23.6. The maximum absolute atomic E-state index is 13.0. The summed E-state index contributed by atoms with van der Waals surface area (Å²) in [5.41, 5.74) is 0.723. The zero-order valence-corrected chi connectivity index (χ0v) is 16.6. The highest BCUT2D eigenvalue weighted by Gasteiger charge is 2.49. The quantitative estimate of drug-likeness (QED) is 0.799. The first-order valence-corrected chi connectivity index (χ1v) is 9.66. The van der Waals surface area contributed by atoms with Crippen molar-refractivity contribution in [3.63, 3.8) is 0 Å². The van der Waals surface area contributed by atoms with Crippen molar-refractivity contribution in [2.45, 2.75) is 70.4 Å². The molecule has 1 aliphatic heterocycles. The van der Waals surface area contributed by atoms with Gasteiger partial charge in [0.05, 0.1) is 0 Å². The second-order valence-corrected chi connectivity index (χ2v) is 8.82. The summed E-state index contributed by atoms with van der Waals surface area (Å²) in [5.74, 6) is -0.671. The summed E-state index contributed by atoms with van der Waals surface area (Å²) in [6.07, 6.45) is 4.14. The third-order valence-electron chi connectivity index (χ3n) is 5.63. The Morgan fingerprint density at radius 1 is 1.19 bits per heavy atom. The number of nitrogens with zero attached hydrogens (tertiary/aromatic N) is 1. The summed E-state index contributed by atoms with van der Waals surface area (Å²) in [4.78, 5) is 38.6. The van der Waals surface area contributed by atoms with Crippen molar-refractivity contribution in [2.24, 2.45) is 0 Å². The van der Waals surface area contributed by atoms with Gasteiger partial charge in [-0.25, -0.2) is 4.79 Å². The molecule has 3 rings (SSSR count). The molecule has 1 aliphatic carbocycles. The molecule has 146 valence electrons. The Kier molecular flexibility index (Phi) is 5.02. The maximum atomic E-state index is 13.0. The molecule has 1 heterocycles. The van der Waals surface area contributed by atoms with E-state index in [9.17, 15) is 14.4 Å². The molecule has 1 unspecified atom stereocenters. The summed E-state index contributed by atoms with van der Waals surface area (Å²) < 4.78 is 0. The molecule has 0 radical (unpaired) electrons. The molecule has 0 bridgehead atoms. The molecule has 2 fully saturated rings. The van der Waals surface area contributed by atoms with Gasteiger partial charge in [-0.3, -0.25) is 14.5 Å². The standard InChI is InChI=1S/C21H29N3O3/c1-20(2,3)14-9-11-15(12-10-14)21(4)18(26)24(19(27)23-21)13-17(25)22-16-7-5-6-8-16/h9-12,16H,5-8,13H2,1-4H3,(H,22,25)(H,23,27). The molecule has 1 atom stereocenters. The fourth-order valence-corrected chi connectivity index (χ4v) is 3.83. The molecule has 1 aromatic rings. The lowest BCUT2D eigenvalue weighted by Crippen LogP contribution is -2.45. The number of benzene rings is 1. The van der Waals surface area contributed by atoms with Gasteiger partial charge >= 0.3 is 6.03 Å². The highest BCUT2D eigenvalue weighted by molar-refractivity contribution is 6.09. The smallest absolute Gasteiger partial charge is 0.325 e. The predicted molar refractivity (Wildman–Crippen MR) is 103 cm³/mol. The number of urea groups is 1. The van der Waals surface area contributed by atoms with E-state index in [4.69, 9.17) is 0 Å². The number of hydrogen-bond acceptors (Lipinski definition) is 3. The van der Waals surface area contributed by atoms with Gasteiger partial charge in [-0.2, -0.15) is 0 Å². The van der Waals surface area contributed by atoms with Crippen molar-refractivity contribution in [1.82, 2.24) is 15.5 Å². The first kappa shape index (κ1) is 19.4. The van der Waals surface area contributed by atoms with Gasteiger partial charge in [0.1, 0.15) is 12.1 Å². The monoisotopic (exact) mass is 371 g/mol. The fourth-order valence-electron chi connectivity index (χ4n) is 3.83. The predicted octanol–water partition coefficient (Wildman–Crippen LogP) is 2.81. The average Bonchev–Trinajstić information content (AvgIpc) is 3.17. The van der Waals surface area contributed by atoms with E-state index >= 15 is 0 Å². The number of rotatable bonds is 4. The van der Waals surface area contributed by atoms with E-state index in [0.717, 1.165) is 36.1 Å². The molecular formula is C21H29N3O3. The minimum atomic E-state index is -1.15. The molecular weight excluding hydrogens is 342 g/mol. The number of amides is 4. The van der Waals surface area contributed by atoms with Gasteiger partial charge in [0.2, 0.25) is 5.91 Å². The van der Waals surface area contributed by atoms with Crippen molar-refractivity contribution in [2.75, 3.05) is 6.54 Å². The number of nitrogens with one attached hydrogen (secondary N) is 2. The fraction of sp³-hybridized carbons (Fsp3) is 0.571. The van der Waals surface area contributed by atoms with Gasteiger partial charge in [-0.15, -0.1) is 0 Å². The van der Waals surface area contributed by atoms with E-state index in [0.29, 0.717) is 5.56 Å². The molecule has 6 heteroatoms. The topological polar surface area (TPSA) is 78.5 Å². The Balaban J connectivity index is 1.73. The molecule has 4 amide bonds. The van der Waals surface area contributed by atoms with E-state index in [-0.39, 0.29) is 23.9 Å². The lowest BCUT2D eigenvalue weighted by atomic mass is 9.84. The zero-order valence-electron chi connectivity index (χ0n) is 16.6. The minimum absolute atomic E-state index is 0.00668. The summed E-state index contributed by atoms with van der Waals surface area (Å²) >= 11 is 0. The van der Waals surface area contributed by atoms with Crippen LogP contribution in [0.4, 0.5) is 4.79 Å². The van der Waals surface area contributed by atoms with Crippen LogP contribution < -0.4 is 10.6 Å². The summed E-state index contributed by atoms with van der Waals surface area (Å²) in [6, 6.07) is 7.35. The van der Waals surface area contributed by atoms with Crippen molar-refractivity contribution >= 4 is 17.8 Å². The van der Waals surface area contributed by atoms with Crippen LogP contribution in [-0.4, -0.2) is 35.3 Å². The summed E-state index contributed by atoms with van der Waals surface area (Å²) in [7, 11) is 0. The number of imide groups is 1. The maximum Gasteiger partial charge on any atom is 0.325 e. The molecule has 1 saturated carbocycles. The van der Waals surface area contributed by atoms with Gasteiger partial charge in [-0.05, 0) is 36.3 Å². The largest absolute Gasteiger partial charge is 0.352 e. The highest BCUT2D eigenvalue weighted by atomic mass is 16.2. The lowest BCUT2D eigenvalue weighted by Gasteiger charge is -2.24. The molecule has 6 nitrogen and oxygen atoms in total. The van der Waals surface area contributed by atoms with Crippen molar-refractivity contribution in [3.05, 3.63) is 35.4 Å². The van der Waals surface area contributed by atoms with Gasteiger partial charge in [-0.1, -0.05) is 57.9 Å². The molecule has 0 spiro atoms. The Hall–Kier alpha value is -2.37. The van der Waals surface area contributed by atoms with E-state index in [1.807, 2.05) is 24.3 Å². The van der Waals surface area contributed by atoms with Crippen LogP contribution in [0.2, 0.25) is 0 Å². The lowest BCUT2D eigenvalue weighted by molar-refractivity contribution is -0.135. The van der Waals surface area contributed by atoms with Crippen molar-refractivity contribution in [1.29, 1.82) is 0 Å². The van der Waals surface area contributed by atoms with Crippen LogP contribution >= 0.6 is 0 Å². The molecule has 1 aromatic carbocycles. The third kappa shape index (κ3) is 3.84. The Morgan fingerprint density at radius 2 is 1.78 bits per heavy atom. The van der Waals surface area contributed by atoms with Gasteiger partial charge < -0.3 is 10.6 Å². The molecule has 27 heavy (non-hydrogen) atoms. The van der Waals surface area contributed by atoms with Crippen molar-refractivity contribution in [3.8, 4) is 0 Å². The number of carbonyl (C=O) groups is 3. The third-order valence-corrected chi connectivity index (χ3v) is 5.63. The summed E-state index contributed by atoms with van der Waals surface area (Å²) in [5, 5.41) is 5.69. The van der Waals surface area contributed by atoms with Crippen LogP contribution in [0.15, 0.2) is 24.3 Å². The van der Waals surface area contributed by atoms with Gasteiger partial charge in [0.15, 0.2) is 0 Å². The number of hydrogen-bond donors (Lipinski definition) is 2. The van der Waals surface area contributed by atoms with Crippen LogP contribution in [0.3, 0.4) is 0 Å².